The summed E-state index contributed by atoms with van der Waals surface area (Å²) >= 11 is 1.68. The molecule has 0 aliphatic rings. The summed E-state index contributed by atoms with van der Waals surface area (Å²) in [6.07, 6.45) is 9.16. The Morgan fingerprint density at radius 3 is 2.61 bits per heavy atom. The van der Waals surface area contributed by atoms with Gasteiger partial charge in [0, 0.05) is 40.0 Å². The van der Waals surface area contributed by atoms with E-state index in [1.807, 2.05) is 67.3 Å². The molecule has 7 aromatic rings. The number of rotatable bonds is 6. The highest BCUT2D eigenvalue weighted by Crippen LogP contribution is 2.35. The van der Waals surface area contributed by atoms with Gasteiger partial charge in [-0.05, 0) is 46.2 Å². The lowest BCUT2D eigenvalue weighted by atomic mass is 10.1. The summed E-state index contributed by atoms with van der Waals surface area (Å²) in [5.41, 5.74) is 10.2. The number of pyridine rings is 3. The van der Waals surface area contributed by atoms with Crippen molar-refractivity contribution in [2.45, 2.75) is 0 Å². The van der Waals surface area contributed by atoms with E-state index in [1.54, 1.807) is 17.5 Å². The number of fused-ring (bicyclic) bond motifs is 2. The fourth-order valence-corrected chi connectivity index (χ4v) is 5.30. The lowest BCUT2D eigenvalue weighted by Gasteiger charge is -2.10. The van der Waals surface area contributed by atoms with Crippen LogP contribution in [0.5, 0.6) is 0 Å². The number of aromatic nitrogens is 6. The van der Waals surface area contributed by atoms with Crippen LogP contribution < -0.4 is 5.32 Å². The van der Waals surface area contributed by atoms with Gasteiger partial charge in [0.2, 0.25) is 0 Å². The first kappa shape index (κ1) is 22.1. The largest absolute Gasteiger partial charge is 0.354 e. The third-order valence-electron chi connectivity index (χ3n) is 6.53. The van der Waals surface area contributed by atoms with E-state index in [4.69, 9.17) is 0 Å². The molecule has 6 aromatic heterocycles. The van der Waals surface area contributed by atoms with E-state index >= 15 is 0 Å². The maximum absolute atomic E-state index is 4.67. The predicted molar refractivity (Wildman–Crippen MR) is 155 cm³/mol. The van der Waals surface area contributed by atoms with E-state index in [9.17, 15) is 0 Å². The first-order valence-electron chi connectivity index (χ1n) is 12.0. The molecule has 0 atom stereocenters. The Kier molecular flexibility index (Phi) is 5.30. The molecule has 182 valence electrons. The fraction of sp³-hybridized carbons (Fsp3) is 0. The first-order chi connectivity index (χ1) is 18.7. The summed E-state index contributed by atoms with van der Waals surface area (Å²) in [5.74, 6) is 0. The predicted octanol–water partition coefficient (Wildman–Crippen LogP) is 7.37. The van der Waals surface area contributed by atoms with E-state index in [0.29, 0.717) is 0 Å². The Labute approximate surface area is 222 Å². The Hall–Kier alpha value is -5.08. The van der Waals surface area contributed by atoms with Crippen molar-refractivity contribution in [1.82, 2.24) is 30.1 Å². The molecule has 0 amide bonds. The van der Waals surface area contributed by atoms with Gasteiger partial charge in [-0.15, -0.1) is 0 Å². The standard InChI is InChI=1S/C30H21N7S/c1-18(19-5-3-2-4-6-19)34-22-9-21(12-31-13-22)26-11-24-29(16-33-26)36-37-30(24)27-10-23-25(20-7-8-38-17-20)14-32-15-28(23)35-27/h2-17,34-35H,1H2,(H,36,37). The lowest BCUT2D eigenvalue weighted by molar-refractivity contribution is 1.11. The SMILES string of the molecule is C=C(Nc1cncc(-c2cc3c(-c4cc5c(-c6ccsc6)cncc5[nH]4)n[nH]c3cn2)c1)c1ccccc1. The van der Waals surface area contributed by atoms with Gasteiger partial charge in [-0.3, -0.25) is 20.1 Å². The van der Waals surface area contributed by atoms with Crippen molar-refractivity contribution in [2.24, 2.45) is 0 Å². The Bertz CT molecular complexity index is 1920. The molecule has 7 rings (SSSR count). The van der Waals surface area contributed by atoms with Gasteiger partial charge in [-0.1, -0.05) is 36.9 Å². The summed E-state index contributed by atoms with van der Waals surface area (Å²) in [5, 5.41) is 17.4. The van der Waals surface area contributed by atoms with Gasteiger partial charge >= 0.3 is 0 Å². The molecule has 0 saturated heterocycles. The zero-order valence-corrected chi connectivity index (χ0v) is 21.0. The monoisotopic (exact) mass is 511 g/mol. The second-order valence-corrected chi connectivity index (χ2v) is 9.74. The Morgan fingerprint density at radius 1 is 0.842 bits per heavy atom. The number of aromatic amines is 2. The summed E-state index contributed by atoms with van der Waals surface area (Å²) in [4.78, 5) is 17.1. The molecule has 38 heavy (non-hydrogen) atoms. The number of anilines is 1. The lowest BCUT2D eigenvalue weighted by Crippen LogP contribution is -1.98. The van der Waals surface area contributed by atoms with Gasteiger partial charge in [-0.25, -0.2) is 0 Å². The van der Waals surface area contributed by atoms with E-state index in [0.717, 1.165) is 72.5 Å². The zero-order valence-electron chi connectivity index (χ0n) is 20.1. The van der Waals surface area contributed by atoms with Crippen LogP contribution in [0.3, 0.4) is 0 Å². The molecule has 0 saturated carbocycles. The third kappa shape index (κ3) is 3.93. The van der Waals surface area contributed by atoms with E-state index < -0.39 is 0 Å². The number of nitrogens with one attached hydrogen (secondary N) is 3. The highest BCUT2D eigenvalue weighted by Gasteiger charge is 2.15. The highest BCUT2D eigenvalue weighted by molar-refractivity contribution is 7.08. The molecule has 0 unspecified atom stereocenters. The van der Waals surface area contributed by atoms with E-state index in [2.05, 4.69) is 64.9 Å². The van der Waals surface area contributed by atoms with Crippen LogP contribution in [0.4, 0.5) is 5.69 Å². The van der Waals surface area contributed by atoms with Gasteiger partial charge in [0.25, 0.3) is 0 Å². The average molecular weight is 512 g/mol. The van der Waals surface area contributed by atoms with Gasteiger partial charge in [0.05, 0.1) is 46.7 Å². The Balaban J connectivity index is 1.25. The van der Waals surface area contributed by atoms with Crippen molar-refractivity contribution in [2.75, 3.05) is 5.32 Å². The van der Waals surface area contributed by atoms with Crippen LogP contribution in [0.15, 0.2) is 103 Å². The first-order valence-corrected chi connectivity index (χ1v) is 13.0. The van der Waals surface area contributed by atoms with Gasteiger partial charge in [0.1, 0.15) is 5.69 Å². The number of H-pyrrole nitrogens is 2. The maximum atomic E-state index is 4.67. The third-order valence-corrected chi connectivity index (χ3v) is 7.21. The average Bonchev–Trinajstić information content (AvgIpc) is 3.73. The molecular weight excluding hydrogens is 490 g/mol. The molecule has 3 N–H and O–H groups in total. The van der Waals surface area contributed by atoms with Crippen LogP contribution in [0.25, 0.3) is 61.3 Å². The molecule has 0 fully saturated rings. The molecule has 0 spiro atoms. The topological polar surface area (TPSA) is 95.2 Å². The summed E-state index contributed by atoms with van der Waals surface area (Å²) in [7, 11) is 0. The molecular formula is C30H21N7S. The van der Waals surface area contributed by atoms with Gasteiger partial charge in [-0.2, -0.15) is 16.4 Å². The van der Waals surface area contributed by atoms with Gasteiger partial charge < -0.3 is 10.3 Å². The molecule has 0 radical (unpaired) electrons. The number of benzene rings is 1. The molecule has 1 aromatic carbocycles. The van der Waals surface area contributed by atoms with Crippen molar-refractivity contribution in [3.05, 3.63) is 108 Å². The quantitative estimate of drug-likeness (QED) is 0.217. The Morgan fingerprint density at radius 2 is 1.74 bits per heavy atom. The van der Waals surface area contributed by atoms with E-state index in [-0.39, 0.29) is 0 Å². The summed E-state index contributed by atoms with van der Waals surface area (Å²) in [6.45, 7) is 4.17. The molecule has 0 bridgehead atoms. The van der Waals surface area contributed by atoms with Crippen LogP contribution in [-0.2, 0) is 0 Å². The molecule has 7 nitrogen and oxygen atoms in total. The minimum atomic E-state index is 0.804. The highest BCUT2D eigenvalue weighted by atomic mass is 32.1. The second kappa shape index (κ2) is 9.10. The summed E-state index contributed by atoms with van der Waals surface area (Å²) in [6, 6.07) is 18.3. The minimum Gasteiger partial charge on any atom is -0.354 e. The molecule has 6 heterocycles. The van der Waals surface area contributed by atoms with E-state index in [1.165, 1.54) is 0 Å². The van der Waals surface area contributed by atoms with Crippen LogP contribution in [0, 0.1) is 0 Å². The fourth-order valence-electron chi connectivity index (χ4n) is 4.64. The van der Waals surface area contributed by atoms with Gasteiger partial charge in [0.15, 0.2) is 0 Å². The van der Waals surface area contributed by atoms with Crippen LogP contribution >= 0.6 is 11.3 Å². The smallest absolute Gasteiger partial charge is 0.116 e. The van der Waals surface area contributed by atoms with Crippen LogP contribution in [-0.4, -0.2) is 30.1 Å². The van der Waals surface area contributed by atoms with Crippen LogP contribution in [0.1, 0.15) is 5.56 Å². The van der Waals surface area contributed by atoms with Crippen LogP contribution in [0.2, 0.25) is 0 Å². The van der Waals surface area contributed by atoms with Crippen molar-refractivity contribution in [3.8, 4) is 33.8 Å². The zero-order chi connectivity index (χ0) is 25.5. The number of hydrogen-bond acceptors (Lipinski definition) is 6. The maximum Gasteiger partial charge on any atom is 0.116 e. The molecule has 8 heteroatoms. The van der Waals surface area contributed by atoms with Crippen molar-refractivity contribution in [1.29, 1.82) is 0 Å². The minimum absolute atomic E-state index is 0.804. The molecule has 0 aliphatic carbocycles. The second-order valence-electron chi connectivity index (χ2n) is 8.96. The van der Waals surface area contributed by atoms with Crippen molar-refractivity contribution >= 4 is 44.5 Å². The number of thiophene rings is 1. The number of hydrogen-bond donors (Lipinski definition) is 3. The normalized spacial score (nSPS) is 11.3. The van der Waals surface area contributed by atoms with Crippen molar-refractivity contribution < 1.29 is 0 Å². The molecule has 0 aliphatic heterocycles. The van der Waals surface area contributed by atoms with Crippen molar-refractivity contribution in [3.63, 3.8) is 0 Å². The summed E-state index contributed by atoms with van der Waals surface area (Å²) < 4.78 is 0. The number of nitrogens with zero attached hydrogens (tertiary/aromatic N) is 4.